The van der Waals surface area contributed by atoms with Gasteiger partial charge in [-0.3, -0.25) is 0 Å². The van der Waals surface area contributed by atoms with Crippen LogP contribution in [-0.2, 0) is 6.54 Å². The lowest BCUT2D eigenvalue weighted by molar-refractivity contribution is 0.354. The second kappa shape index (κ2) is 7.69. The smallest absolute Gasteiger partial charge is 0.179 e. The molecule has 1 N–H and O–H groups in total. The van der Waals surface area contributed by atoms with E-state index in [0.29, 0.717) is 16.5 Å². The molecule has 0 aliphatic carbocycles. The minimum atomic E-state index is 0.596. The highest BCUT2D eigenvalue weighted by Crippen LogP contribution is 2.37. The maximum Gasteiger partial charge on any atom is 0.179 e. The van der Waals surface area contributed by atoms with E-state index in [2.05, 4.69) is 11.6 Å². The molecule has 3 nitrogen and oxygen atoms in total. The van der Waals surface area contributed by atoms with Crippen LogP contribution in [0, 0.1) is 0 Å². The Labute approximate surface area is 112 Å². The van der Waals surface area contributed by atoms with Crippen molar-refractivity contribution in [1.82, 2.24) is 5.32 Å². The molecule has 0 aromatic heterocycles. The molecule has 0 fully saturated rings. The predicted molar refractivity (Wildman–Crippen MR) is 74.6 cm³/mol. The Morgan fingerprint density at radius 1 is 1.29 bits per heavy atom. The van der Waals surface area contributed by atoms with Crippen LogP contribution in [0.25, 0.3) is 0 Å². The van der Waals surface area contributed by atoms with E-state index in [1.165, 1.54) is 0 Å². The third-order valence-corrected chi connectivity index (χ3v) is 3.39. The summed E-state index contributed by atoms with van der Waals surface area (Å²) in [5.41, 5.74) is 1.02. The van der Waals surface area contributed by atoms with Crippen molar-refractivity contribution in [3.63, 3.8) is 0 Å². The number of ether oxygens (including phenoxy) is 2. The van der Waals surface area contributed by atoms with Gasteiger partial charge < -0.3 is 14.8 Å². The van der Waals surface area contributed by atoms with E-state index in [-0.39, 0.29) is 0 Å². The largest absolute Gasteiger partial charge is 0.493 e. The molecule has 0 saturated carbocycles. The van der Waals surface area contributed by atoms with Crippen molar-refractivity contribution < 1.29 is 9.47 Å². The number of benzene rings is 1. The second-order valence-electron chi connectivity index (χ2n) is 3.44. The number of hydrogen-bond donors (Lipinski definition) is 1. The van der Waals surface area contributed by atoms with Gasteiger partial charge in [-0.25, -0.2) is 0 Å². The number of nitrogens with one attached hydrogen (secondary N) is 1. The summed E-state index contributed by atoms with van der Waals surface area (Å²) >= 11 is 8.07. The maximum absolute atomic E-state index is 6.26. The van der Waals surface area contributed by atoms with Crippen LogP contribution in [0.3, 0.4) is 0 Å². The number of thioether (sulfide) groups is 1. The number of halogens is 1. The Hall–Kier alpha value is -0.580. The lowest BCUT2D eigenvalue weighted by Crippen LogP contribution is -2.16. The Kier molecular flexibility index (Phi) is 6.55. The van der Waals surface area contributed by atoms with Crippen LogP contribution in [-0.4, -0.2) is 32.8 Å². The minimum Gasteiger partial charge on any atom is -0.493 e. The second-order valence-corrected chi connectivity index (χ2v) is 4.81. The van der Waals surface area contributed by atoms with Crippen molar-refractivity contribution in [2.45, 2.75) is 6.54 Å². The first-order valence-corrected chi connectivity index (χ1v) is 7.10. The molecule has 1 aromatic carbocycles. The van der Waals surface area contributed by atoms with Gasteiger partial charge in [0.1, 0.15) is 0 Å². The molecule has 1 rings (SSSR count). The first-order valence-electron chi connectivity index (χ1n) is 5.33. The van der Waals surface area contributed by atoms with Crippen LogP contribution >= 0.6 is 23.4 Å². The summed E-state index contributed by atoms with van der Waals surface area (Å²) < 4.78 is 10.4. The summed E-state index contributed by atoms with van der Waals surface area (Å²) in [6.45, 7) is 1.70. The number of methoxy groups -OCH3 is 2. The third kappa shape index (κ3) is 3.98. The molecule has 0 aliphatic rings. The van der Waals surface area contributed by atoms with Gasteiger partial charge in [-0.1, -0.05) is 17.7 Å². The monoisotopic (exact) mass is 275 g/mol. The minimum absolute atomic E-state index is 0.596. The Balaban J connectivity index is 2.73. The molecular formula is C12H18ClNO2S. The maximum atomic E-state index is 6.26. The summed E-state index contributed by atoms with van der Waals surface area (Å²) in [6.07, 6.45) is 2.09. The molecule has 0 unspecified atom stereocenters. The SMILES string of the molecule is COc1ccc(CNCCSC)c(Cl)c1OC. The molecular weight excluding hydrogens is 258 g/mol. The molecule has 0 atom stereocenters. The first kappa shape index (κ1) is 14.5. The fraction of sp³-hybridized carbons (Fsp3) is 0.500. The number of hydrogen-bond acceptors (Lipinski definition) is 4. The highest BCUT2D eigenvalue weighted by atomic mass is 35.5. The summed E-state index contributed by atoms with van der Waals surface area (Å²) in [7, 11) is 3.19. The Morgan fingerprint density at radius 2 is 2.06 bits per heavy atom. The van der Waals surface area contributed by atoms with E-state index in [1.54, 1.807) is 14.2 Å². The molecule has 96 valence electrons. The van der Waals surface area contributed by atoms with E-state index in [9.17, 15) is 0 Å². The standard InChI is InChI=1S/C12H18ClNO2S/c1-15-10-5-4-9(8-14-6-7-17-3)11(13)12(10)16-2/h4-5,14H,6-8H2,1-3H3. The molecule has 0 heterocycles. The predicted octanol–water partition coefficient (Wildman–Crippen LogP) is 2.81. The topological polar surface area (TPSA) is 30.5 Å². The summed E-state index contributed by atoms with van der Waals surface area (Å²) in [5, 5.41) is 3.94. The van der Waals surface area contributed by atoms with Crippen molar-refractivity contribution in [1.29, 1.82) is 0 Å². The quantitative estimate of drug-likeness (QED) is 0.775. The zero-order valence-corrected chi connectivity index (χ0v) is 12.0. The third-order valence-electron chi connectivity index (χ3n) is 2.36. The normalized spacial score (nSPS) is 10.4. The zero-order valence-electron chi connectivity index (χ0n) is 10.4. The van der Waals surface area contributed by atoms with Crippen LogP contribution in [0.1, 0.15) is 5.56 Å². The van der Waals surface area contributed by atoms with Crippen LogP contribution in [0.15, 0.2) is 12.1 Å². The summed E-state index contributed by atoms with van der Waals surface area (Å²) in [4.78, 5) is 0. The van der Waals surface area contributed by atoms with E-state index < -0.39 is 0 Å². The van der Waals surface area contributed by atoms with Gasteiger partial charge >= 0.3 is 0 Å². The van der Waals surface area contributed by atoms with Gasteiger partial charge in [-0.05, 0) is 17.9 Å². The van der Waals surface area contributed by atoms with E-state index >= 15 is 0 Å². The van der Waals surface area contributed by atoms with Gasteiger partial charge in [-0.2, -0.15) is 11.8 Å². The fourth-order valence-corrected chi connectivity index (χ4v) is 2.11. The van der Waals surface area contributed by atoms with Gasteiger partial charge in [0.25, 0.3) is 0 Å². The molecule has 17 heavy (non-hydrogen) atoms. The average molecular weight is 276 g/mol. The first-order chi connectivity index (χ1) is 8.24. The molecule has 0 spiro atoms. The summed E-state index contributed by atoms with van der Waals surface area (Å²) in [5.74, 6) is 2.34. The highest BCUT2D eigenvalue weighted by Gasteiger charge is 2.12. The van der Waals surface area contributed by atoms with Crippen LogP contribution in [0.5, 0.6) is 11.5 Å². The van der Waals surface area contributed by atoms with Gasteiger partial charge in [0.15, 0.2) is 11.5 Å². The molecule has 0 aliphatic heterocycles. The Bertz CT molecular complexity index is 361. The number of rotatable bonds is 7. The van der Waals surface area contributed by atoms with Crippen molar-refractivity contribution in [3.05, 3.63) is 22.7 Å². The zero-order chi connectivity index (χ0) is 12.7. The van der Waals surface area contributed by atoms with Crippen molar-refractivity contribution in [2.24, 2.45) is 0 Å². The van der Waals surface area contributed by atoms with E-state index in [0.717, 1.165) is 24.4 Å². The van der Waals surface area contributed by atoms with Crippen LogP contribution in [0.4, 0.5) is 0 Å². The van der Waals surface area contributed by atoms with E-state index in [4.69, 9.17) is 21.1 Å². The fourth-order valence-electron chi connectivity index (χ4n) is 1.46. The van der Waals surface area contributed by atoms with Gasteiger partial charge in [0.2, 0.25) is 0 Å². The Morgan fingerprint density at radius 3 is 2.65 bits per heavy atom. The molecule has 0 saturated heterocycles. The molecule has 0 radical (unpaired) electrons. The molecule has 5 heteroatoms. The molecule has 0 bridgehead atoms. The van der Waals surface area contributed by atoms with Gasteiger partial charge in [-0.15, -0.1) is 0 Å². The van der Waals surface area contributed by atoms with Gasteiger partial charge in [0.05, 0.1) is 19.2 Å². The van der Waals surface area contributed by atoms with Crippen molar-refractivity contribution in [2.75, 3.05) is 32.8 Å². The highest BCUT2D eigenvalue weighted by molar-refractivity contribution is 7.98. The summed E-state index contributed by atoms with van der Waals surface area (Å²) in [6, 6.07) is 3.83. The van der Waals surface area contributed by atoms with E-state index in [1.807, 2.05) is 23.9 Å². The molecule has 0 amide bonds. The van der Waals surface area contributed by atoms with Crippen molar-refractivity contribution in [3.8, 4) is 11.5 Å². The lowest BCUT2D eigenvalue weighted by atomic mass is 10.2. The van der Waals surface area contributed by atoms with Gasteiger partial charge in [0, 0.05) is 18.8 Å². The van der Waals surface area contributed by atoms with Crippen LogP contribution < -0.4 is 14.8 Å². The van der Waals surface area contributed by atoms with Crippen molar-refractivity contribution >= 4 is 23.4 Å². The van der Waals surface area contributed by atoms with Crippen LogP contribution in [0.2, 0.25) is 5.02 Å². The molecule has 1 aromatic rings. The average Bonchev–Trinajstić information content (AvgIpc) is 2.35. The lowest BCUT2D eigenvalue weighted by Gasteiger charge is -2.13.